The first kappa shape index (κ1) is 20.3. The summed E-state index contributed by atoms with van der Waals surface area (Å²) in [6, 6.07) is 1.88. The quantitative estimate of drug-likeness (QED) is 0.352. The van der Waals surface area contributed by atoms with Crippen LogP contribution in [0.5, 0.6) is 0 Å². The van der Waals surface area contributed by atoms with Crippen LogP contribution in [0.25, 0.3) is 0 Å². The number of hydrogen-bond acceptors (Lipinski definition) is 8. The fourth-order valence-electron chi connectivity index (χ4n) is 3.26. The molecule has 0 aliphatic carbocycles. The summed E-state index contributed by atoms with van der Waals surface area (Å²) in [6.07, 6.45) is 7.25. The maximum absolute atomic E-state index is 12.9. The third kappa shape index (κ3) is 4.68. The second-order valence-corrected chi connectivity index (χ2v) is 7.17. The number of piperidine rings is 1. The highest BCUT2D eigenvalue weighted by Crippen LogP contribution is 2.29. The largest absolute Gasteiger partial charge is 0.370 e. The lowest BCUT2D eigenvalue weighted by molar-refractivity contribution is -0.113. The van der Waals surface area contributed by atoms with Crippen LogP contribution in [0.1, 0.15) is 12.8 Å². The Morgan fingerprint density at radius 3 is 2.75 bits per heavy atom. The van der Waals surface area contributed by atoms with Crippen LogP contribution in [0, 0.1) is 5.92 Å². The molecule has 0 bridgehead atoms. The topological polar surface area (TPSA) is 148 Å². The molecule has 10 heteroatoms. The molecule has 0 spiro atoms. The van der Waals surface area contributed by atoms with E-state index in [2.05, 4.69) is 25.5 Å². The number of carbonyl (C=O) groups is 1. The van der Waals surface area contributed by atoms with Crippen molar-refractivity contribution in [2.75, 3.05) is 29.9 Å². The van der Waals surface area contributed by atoms with Gasteiger partial charge in [0, 0.05) is 31.7 Å². The molecule has 0 atom stereocenters. The summed E-state index contributed by atoms with van der Waals surface area (Å²) in [5.74, 6) is 0.344. The first-order chi connectivity index (χ1) is 13.5. The van der Waals surface area contributed by atoms with Gasteiger partial charge in [0.1, 0.15) is 5.82 Å². The summed E-state index contributed by atoms with van der Waals surface area (Å²) < 4.78 is 0. The van der Waals surface area contributed by atoms with Crippen LogP contribution in [0.2, 0.25) is 0 Å². The summed E-state index contributed by atoms with van der Waals surface area (Å²) in [5.41, 5.74) is 19.0. The molecule has 3 rings (SSSR count). The fraction of sp³-hybridized carbons (Fsp3) is 0.389. The lowest BCUT2D eigenvalue weighted by Crippen LogP contribution is -2.41. The number of allylic oxidation sites excluding steroid dienone is 1. The van der Waals surface area contributed by atoms with E-state index in [9.17, 15) is 4.79 Å². The summed E-state index contributed by atoms with van der Waals surface area (Å²) in [5, 5.41) is 6.11. The van der Waals surface area contributed by atoms with E-state index in [-0.39, 0.29) is 11.4 Å². The van der Waals surface area contributed by atoms with Crippen LogP contribution in [-0.4, -0.2) is 42.9 Å². The first-order valence-electron chi connectivity index (χ1n) is 9.11. The van der Waals surface area contributed by atoms with Gasteiger partial charge in [-0.15, -0.1) is 0 Å². The Labute approximate surface area is 168 Å². The molecule has 1 saturated heterocycles. The number of nitrogens with one attached hydrogen (secondary N) is 2. The highest BCUT2D eigenvalue weighted by Gasteiger charge is 2.24. The van der Waals surface area contributed by atoms with Crippen molar-refractivity contribution in [2.45, 2.75) is 19.0 Å². The van der Waals surface area contributed by atoms with E-state index >= 15 is 0 Å². The molecule has 2 aliphatic rings. The van der Waals surface area contributed by atoms with Crippen LogP contribution in [0.4, 0.5) is 11.4 Å². The minimum Gasteiger partial charge on any atom is -0.370 e. The number of aromatic nitrogens is 1. The van der Waals surface area contributed by atoms with Crippen LogP contribution >= 0.6 is 11.6 Å². The number of hydrogen-bond donors (Lipinski definition) is 5. The summed E-state index contributed by atoms with van der Waals surface area (Å²) >= 11 is 5.85. The van der Waals surface area contributed by atoms with Crippen molar-refractivity contribution < 1.29 is 4.79 Å². The molecule has 150 valence electrons. The van der Waals surface area contributed by atoms with E-state index in [1.165, 1.54) is 12.4 Å². The first-order valence-corrected chi connectivity index (χ1v) is 9.49. The number of aliphatic imine (C=N–C) groups is 1. The summed E-state index contributed by atoms with van der Waals surface area (Å²) in [7, 11) is 0. The molecule has 1 fully saturated rings. The number of anilines is 2. The molecule has 8 N–H and O–H groups in total. The Balaban J connectivity index is 1.81. The van der Waals surface area contributed by atoms with Crippen LogP contribution < -0.4 is 32.7 Å². The maximum Gasteiger partial charge on any atom is 0.258 e. The molecule has 9 nitrogen and oxygen atoms in total. The number of nitrogens with two attached hydrogens (primary N) is 3. The standard InChI is InChI=1S/C18H25ClN8O/c19-12-8-24-17(25-9-12)15(16(21)22)18(28)26-13-10-23-4-1-14(13)27-5-2-11(7-20)3-6-27/h1,4,8-11,16,24H,2-3,5-7,20-22H2,(H,26,28)/b17-15-. The zero-order valence-corrected chi connectivity index (χ0v) is 16.2. The van der Waals surface area contributed by atoms with Crippen LogP contribution in [-0.2, 0) is 4.79 Å². The Kier molecular flexibility index (Phi) is 6.63. The number of pyridine rings is 1. The number of halogens is 1. The van der Waals surface area contributed by atoms with Gasteiger partial charge >= 0.3 is 0 Å². The lowest BCUT2D eigenvalue weighted by atomic mass is 9.97. The Morgan fingerprint density at radius 1 is 1.39 bits per heavy atom. The van der Waals surface area contributed by atoms with Crippen LogP contribution in [0.15, 0.2) is 46.1 Å². The van der Waals surface area contributed by atoms with Crippen LogP contribution in [0.3, 0.4) is 0 Å². The van der Waals surface area contributed by atoms with Crippen molar-refractivity contribution in [1.82, 2.24) is 10.3 Å². The predicted molar refractivity (Wildman–Crippen MR) is 112 cm³/mol. The van der Waals surface area contributed by atoms with Gasteiger partial charge in [0.25, 0.3) is 5.91 Å². The van der Waals surface area contributed by atoms with Gasteiger partial charge in [-0.25, -0.2) is 4.99 Å². The summed E-state index contributed by atoms with van der Waals surface area (Å²) in [4.78, 5) is 23.4. The highest BCUT2D eigenvalue weighted by molar-refractivity contribution is 6.39. The number of nitrogens with zero attached hydrogens (tertiary/aromatic N) is 3. The molecule has 1 aromatic heterocycles. The Hall–Kier alpha value is -2.46. The minimum atomic E-state index is -1.02. The average molecular weight is 405 g/mol. The van der Waals surface area contributed by atoms with E-state index in [0.717, 1.165) is 31.6 Å². The Morgan fingerprint density at radius 2 is 2.14 bits per heavy atom. The van der Waals surface area contributed by atoms with E-state index in [0.29, 0.717) is 23.2 Å². The number of amides is 1. The molecular formula is C18H25ClN8O. The summed E-state index contributed by atoms with van der Waals surface area (Å²) in [6.45, 7) is 2.44. The molecule has 0 saturated carbocycles. The number of rotatable bonds is 5. The third-order valence-electron chi connectivity index (χ3n) is 4.83. The predicted octanol–water partition coefficient (Wildman–Crippen LogP) is 0.405. The van der Waals surface area contributed by atoms with Gasteiger partial charge in [-0.05, 0) is 31.4 Å². The van der Waals surface area contributed by atoms with E-state index in [1.54, 1.807) is 12.4 Å². The maximum atomic E-state index is 12.9. The fourth-order valence-corrected chi connectivity index (χ4v) is 3.36. The van der Waals surface area contributed by atoms with Crippen molar-refractivity contribution in [3.63, 3.8) is 0 Å². The second-order valence-electron chi connectivity index (χ2n) is 6.73. The zero-order chi connectivity index (χ0) is 20.1. The SMILES string of the molecule is NCC1CCN(c2ccncc2NC(=O)/C(=C2\N=CC(Cl)=CN2)C(N)N)CC1. The third-order valence-corrected chi connectivity index (χ3v) is 5.04. The Bertz CT molecular complexity index is 812. The normalized spacial score (nSPS) is 19.3. The van der Waals surface area contributed by atoms with Gasteiger partial charge < -0.3 is 32.7 Å². The highest BCUT2D eigenvalue weighted by atomic mass is 35.5. The smallest absolute Gasteiger partial charge is 0.258 e. The van der Waals surface area contributed by atoms with Crippen molar-refractivity contribution in [2.24, 2.45) is 28.1 Å². The molecular weight excluding hydrogens is 380 g/mol. The molecule has 0 unspecified atom stereocenters. The zero-order valence-electron chi connectivity index (χ0n) is 15.4. The van der Waals surface area contributed by atoms with Crippen molar-refractivity contribution >= 4 is 35.1 Å². The van der Waals surface area contributed by atoms with Gasteiger partial charge in [-0.1, -0.05) is 11.6 Å². The van der Waals surface area contributed by atoms with Crippen molar-refractivity contribution in [3.8, 4) is 0 Å². The second kappa shape index (κ2) is 9.16. The van der Waals surface area contributed by atoms with Crippen molar-refractivity contribution in [3.05, 3.63) is 41.1 Å². The van der Waals surface area contributed by atoms with Gasteiger partial charge in [0.05, 0.1) is 34.3 Å². The minimum absolute atomic E-state index is 0.119. The van der Waals surface area contributed by atoms with E-state index in [4.69, 9.17) is 28.8 Å². The van der Waals surface area contributed by atoms with Gasteiger partial charge in [0.15, 0.2) is 0 Å². The van der Waals surface area contributed by atoms with E-state index < -0.39 is 12.1 Å². The van der Waals surface area contributed by atoms with E-state index in [1.807, 2.05) is 6.07 Å². The van der Waals surface area contributed by atoms with Crippen molar-refractivity contribution in [1.29, 1.82) is 0 Å². The molecule has 2 aliphatic heterocycles. The number of carbonyl (C=O) groups excluding carboxylic acids is 1. The van der Waals surface area contributed by atoms with Gasteiger partial charge in [0.2, 0.25) is 0 Å². The molecule has 0 aromatic carbocycles. The molecule has 1 amide bonds. The molecule has 0 radical (unpaired) electrons. The molecule has 3 heterocycles. The monoisotopic (exact) mass is 404 g/mol. The van der Waals surface area contributed by atoms with Gasteiger partial charge in [-0.3, -0.25) is 9.78 Å². The molecule has 1 aromatic rings. The average Bonchev–Trinajstić information content (AvgIpc) is 2.70. The lowest BCUT2D eigenvalue weighted by Gasteiger charge is -2.34. The van der Waals surface area contributed by atoms with Gasteiger partial charge in [-0.2, -0.15) is 0 Å². The molecule has 28 heavy (non-hydrogen) atoms.